The maximum atomic E-state index is 13.9. The third-order valence-corrected chi connectivity index (χ3v) is 5.97. The molecule has 120 valence electrons. The van der Waals surface area contributed by atoms with E-state index in [1.54, 1.807) is 25.1 Å². The predicted octanol–water partition coefficient (Wildman–Crippen LogP) is 2.65. The van der Waals surface area contributed by atoms with E-state index in [4.69, 9.17) is 0 Å². The van der Waals surface area contributed by atoms with Gasteiger partial charge in [-0.05, 0) is 25.1 Å². The maximum Gasteiger partial charge on any atom is 0.269 e. The number of hydrogen-bond donors (Lipinski definition) is 0. The zero-order valence-corrected chi connectivity index (χ0v) is 13.0. The molecule has 2 aromatic rings. The van der Waals surface area contributed by atoms with E-state index in [0.717, 1.165) is 12.1 Å². The van der Waals surface area contributed by atoms with Gasteiger partial charge in [-0.25, -0.2) is 12.8 Å². The van der Waals surface area contributed by atoms with Gasteiger partial charge in [0.05, 0.1) is 15.4 Å². The van der Waals surface area contributed by atoms with Crippen LogP contribution in [0.5, 0.6) is 0 Å². The molecule has 1 aliphatic rings. The molecule has 0 radical (unpaired) electrons. The first-order valence-electron chi connectivity index (χ1n) is 6.79. The van der Waals surface area contributed by atoms with Crippen LogP contribution >= 0.6 is 0 Å². The fourth-order valence-electron chi connectivity index (χ4n) is 2.58. The Balaban J connectivity index is 1.93. The standard InChI is InChI=1S/C15H13FN2O4S/c1-15(13-4-2-3-5-14(13)16)10-17(15)23(21,22)12-8-6-11(7-9-12)18(19)20/h2-9H,10H2,1H3/t15-,17?/m1/s1. The second-order valence-corrected chi connectivity index (χ2v) is 7.38. The van der Waals surface area contributed by atoms with Crippen LogP contribution in [0, 0.1) is 15.9 Å². The Bertz CT molecular complexity index is 883. The van der Waals surface area contributed by atoms with Gasteiger partial charge in [0.2, 0.25) is 10.0 Å². The molecule has 0 amide bonds. The Hall–Kier alpha value is -2.32. The van der Waals surface area contributed by atoms with Crippen LogP contribution in [-0.4, -0.2) is 24.2 Å². The molecular formula is C15H13FN2O4S. The minimum Gasteiger partial charge on any atom is -0.258 e. The number of rotatable bonds is 4. The summed E-state index contributed by atoms with van der Waals surface area (Å²) in [6, 6.07) is 10.7. The average Bonchev–Trinajstić information content (AvgIpc) is 3.22. The van der Waals surface area contributed by atoms with Gasteiger partial charge < -0.3 is 0 Å². The van der Waals surface area contributed by atoms with Gasteiger partial charge in [0, 0.05) is 24.2 Å². The topological polar surface area (TPSA) is 80.3 Å². The summed E-state index contributed by atoms with van der Waals surface area (Å²) in [6.07, 6.45) is 0. The van der Waals surface area contributed by atoms with Crippen LogP contribution in [0.1, 0.15) is 12.5 Å². The molecule has 0 saturated carbocycles. The fraction of sp³-hybridized carbons (Fsp3) is 0.200. The highest BCUT2D eigenvalue weighted by molar-refractivity contribution is 7.89. The SMILES string of the molecule is C[C@]1(c2ccccc2F)CN1S(=O)(=O)c1ccc([N+](=O)[O-])cc1. The van der Waals surface area contributed by atoms with E-state index in [2.05, 4.69) is 0 Å². The van der Waals surface area contributed by atoms with E-state index in [1.807, 2.05) is 0 Å². The first-order chi connectivity index (χ1) is 10.8. The van der Waals surface area contributed by atoms with Crippen molar-refractivity contribution in [3.8, 4) is 0 Å². The summed E-state index contributed by atoms with van der Waals surface area (Å²) in [5.74, 6) is -0.462. The highest BCUT2D eigenvalue weighted by Gasteiger charge is 2.57. The summed E-state index contributed by atoms with van der Waals surface area (Å²) in [6.45, 7) is 1.81. The van der Waals surface area contributed by atoms with Crippen molar-refractivity contribution in [2.75, 3.05) is 6.54 Å². The lowest BCUT2D eigenvalue weighted by Gasteiger charge is -2.14. The van der Waals surface area contributed by atoms with Crippen molar-refractivity contribution in [1.82, 2.24) is 4.31 Å². The summed E-state index contributed by atoms with van der Waals surface area (Å²) in [7, 11) is -3.84. The van der Waals surface area contributed by atoms with E-state index in [9.17, 15) is 22.9 Å². The molecule has 6 nitrogen and oxygen atoms in total. The number of sulfonamides is 1. The van der Waals surface area contributed by atoms with Crippen LogP contribution < -0.4 is 0 Å². The number of halogens is 1. The zero-order chi connectivity index (χ0) is 16.8. The van der Waals surface area contributed by atoms with Gasteiger partial charge in [0.25, 0.3) is 5.69 Å². The predicted molar refractivity (Wildman–Crippen MR) is 80.7 cm³/mol. The molecule has 1 aliphatic heterocycles. The van der Waals surface area contributed by atoms with Crippen molar-refractivity contribution >= 4 is 15.7 Å². The molecule has 2 aromatic carbocycles. The van der Waals surface area contributed by atoms with E-state index >= 15 is 0 Å². The molecule has 1 unspecified atom stereocenters. The zero-order valence-electron chi connectivity index (χ0n) is 12.1. The number of nitrogens with zero attached hydrogens (tertiary/aromatic N) is 2. The van der Waals surface area contributed by atoms with E-state index < -0.39 is 26.3 Å². The third-order valence-electron chi connectivity index (χ3n) is 3.99. The van der Waals surface area contributed by atoms with E-state index in [0.29, 0.717) is 5.56 Å². The smallest absolute Gasteiger partial charge is 0.258 e. The summed E-state index contributed by atoms with van der Waals surface area (Å²) in [5.41, 5.74) is -0.816. The van der Waals surface area contributed by atoms with Crippen LogP contribution in [0.2, 0.25) is 0 Å². The summed E-state index contributed by atoms with van der Waals surface area (Å²) in [5, 5.41) is 10.6. The molecule has 23 heavy (non-hydrogen) atoms. The molecule has 2 atom stereocenters. The van der Waals surface area contributed by atoms with Gasteiger partial charge in [0.15, 0.2) is 0 Å². The van der Waals surface area contributed by atoms with Crippen molar-refractivity contribution in [2.24, 2.45) is 0 Å². The quantitative estimate of drug-likeness (QED) is 0.488. The molecule has 0 bridgehead atoms. The van der Waals surface area contributed by atoms with Crippen molar-refractivity contribution in [2.45, 2.75) is 17.4 Å². The second kappa shape index (κ2) is 5.10. The first kappa shape index (κ1) is 15.6. The Morgan fingerprint density at radius 1 is 1.17 bits per heavy atom. The number of non-ortho nitro benzene ring substituents is 1. The molecule has 0 aliphatic carbocycles. The lowest BCUT2D eigenvalue weighted by Crippen LogP contribution is -2.20. The summed E-state index contributed by atoms with van der Waals surface area (Å²) < 4.78 is 40.3. The highest BCUT2D eigenvalue weighted by atomic mass is 32.2. The van der Waals surface area contributed by atoms with Crippen LogP contribution in [0.3, 0.4) is 0 Å². The largest absolute Gasteiger partial charge is 0.269 e. The molecule has 0 aromatic heterocycles. The number of benzene rings is 2. The van der Waals surface area contributed by atoms with E-state index in [1.165, 1.54) is 22.5 Å². The van der Waals surface area contributed by atoms with Crippen molar-refractivity contribution < 1.29 is 17.7 Å². The minimum atomic E-state index is -3.84. The molecule has 1 fully saturated rings. The van der Waals surface area contributed by atoms with Crippen LogP contribution in [0.4, 0.5) is 10.1 Å². The highest BCUT2D eigenvalue weighted by Crippen LogP contribution is 2.47. The fourth-order valence-corrected chi connectivity index (χ4v) is 4.36. The average molecular weight is 336 g/mol. The van der Waals surface area contributed by atoms with Gasteiger partial charge in [-0.1, -0.05) is 18.2 Å². The van der Waals surface area contributed by atoms with Crippen molar-refractivity contribution in [3.63, 3.8) is 0 Å². The van der Waals surface area contributed by atoms with E-state index in [-0.39, 0.29) is 17.1 Å². The number of nitro benzene ring substituents is 1. The Morgan fingerprint density at radius 2 is 1.78 bits per heavy atom. The van der Waals surface area contributed by atoms with Crippen LogP contribution in [0.15, 0.2) is 53.4 Å². The number of nitro groups is 1. The molecule has 1 heterocycles. The lowest BCUT2D eigenvalue weighted by atomic mass is 10.0. The second-order valence-electron chi connectivity index (χ2n) is 5.52. The first-order valence-corrected chi connectivity index (χ1v) is 8.23. The Kier molecular flexibility index (Phi) is 3.46. The monoisotopic (exact) mass is 336 g/mol. The van der Waals surface area contributed by atoms with Crippen molar-refractivity contribution in [3.05, 3.63) is 70.0 Å². The van der Waals surface area contributed by atoms with Gasteiger partial charge in [-0.2, -0.15) is 4.31 Å². The van der Waals surface area contributed by atoms with Crippen LogP contribution in [0.25, 0.3) is 0 Å². The van der Waals surface area contributed by atoms with Gasteiger partial charge in [-0.15, -0.1) is 0 Å². The van der Waals surface area contributed by atoms with Gasteiger partial charge >= 0.3 is 0 Å². The molecule has 8 heteroatoms. The molecule has 1 saturated heterocycles. The molecular weight excluding hydrogens is 323 g/mol. The Labute approximate surface area is 132 Å². The third kappa shape index (κ3) is 2.49. The molecule has 0 N–H and O–H groups in total. The Morgan fingerprint density at radius 3 is 2.35 bits per heavy atom. The van der Waals surface area contributed by atoms with Gasteiger partial charge in [0.1, 0.15) is 5.82 Å². The summed E-state index contributed by atoms with van der Waals surface area (Å²) >= 11 is 0. The minimum absolute atomic E-state index is 0.0526. The normalized spacial score (nSPS) is 23.5. The van der Waals surface area contributed by atoms with Crippen LogP contribution in [-0.2, 0) is 15.6 Å². The number of hydrogen-bond acceptors (Lipinski definition) is 4. The molecule has 3 rings (SSSR count). The van der Waals surface area contributed by atoms with Gasteiger partial charge in [-0.3, -0.25) is 10.1 Å². The maximum absolute atomic E-state index is 13.9. The summed E-state index contributed by atoms with van der Waals surface area (Å²) in [4.78, 5) is 9.99. The van der Waals surface area contributed by atoms with Crippen molar-refractivity contribution in [1.29, 1.82) is 0 Å². The lowest BCUT2D eigenvalue weighted by molar-refractivity contribution is -0.384. The molecule has 0 spiro atoms.